The molecule has 0 aromatic carbocycles. The summed E-state index contributed by atoms with van der Waals surface area (Å²) in [4.78, 5) is 4.28. The largest absolute Gasteiger partial charge is 0.361 e. The van der Waals surface area contributed by atoms with Crippen LogP contribution in [0.4, 0.5) is 0 Å². The summed E-state index contributed by atoms with van der Waals surface area (Å²) in [5.41, 5.74) is 2.25. The molecule has 1 atom stereocenters. The fourth-order valence-corrected chi connectivity index (χ4v) is 2.57. The van der Waals surface area contributed by atoms with Gasteiger partial charge >= 0.3 is 0 Å². The van der Waals surface area contributed by atoms with E-state index in [2.05, 4.69) is 20.0 Å². The molecule has 3 rings (SSSR count). The van der Waals surface area contributed by atoms with Crippen molar-refractivity contribution < 1.29 is 4.52 Å². The molecule has 2 aromatic heterocycles. The van der Waals surface area contributed by atoms with Crippen LogP contribution in [0.1, 0.15) is 35.9 Å². The van der Waals surface area contributed by atoms with Crippen LogP contribution in [0.5, 0.6) is 0 Å². The summed E-state index contributed by atoms with van der Waals surface area (Å²) in [5, 5.41) is 7.48. The van der Waals surface area contributed by atoms with E-state index in [9.17, 15) is 0 Å². The van der Waals surface area contributed by atoms with Crippen LogP contribution < -0.4 is 5.32 Å². The minimum absolute atomic E-state index is 0.564. The normalized spacial score (nSPS) is 20.2. The maximum atomic E-state index is 5.10. The van der Waals surface area contributed by atoms with Crippen LogP contribution in [-0.4, -0.2) is 27.8 Å². The Hall–Kier alpha value is -1.62. The van der Waals surface area contributed by atoms with Crippen molar-refractivity contribution in [2.24, 2.45) is 0 Å². The molecule has 5 heteroatoms. The van der Waals surface area contributed by atoms with Gasteiger partial charge in [0.1, 0.15) is 11.5 Å². The van der Waals surface area contributed by atoms with Crippen LogP contribution in [0.2, 0.25) is 0 Å². The second-order valence-corrected chi connectivity index (χ2v) is 4.92. The van der Waals surface area contributed by atoms with E-state index < -0.39 is 0 Å². The number of imidazole rings is 1. The van der Waals surface area contributed by atoms with Crippen molar-refractivity contribution in [3.63, 3.8) is 0 Å². The molecule has 1 fully saturated rings. The number of aromatic nitrogens is 3. The van der Waals surface area contributed by atoms with Crippen molar-refractivity contribution in [2.75, 3.05) is 13.1 Å². The van der Waals surface area contributed by atoms with Gasteiger partial charge in [0, 0.05) is 30.4 Å². The van der Waals surface area contributed by atoms with E-state index in [1.807, 2.05) is 25.5 Å². The van der Waals surface area contributed by atoms with Crippen molar-refractivity contribution in [1.29, 1.82) is 0 Å². The molecule has 18 heavy (non-hydrogen) atoms. The van der Waals surface area contributed by atoms with Crippen molar-refractivity contribution >= 4 is 0 Å². The number of aryl methyl sites for hydroxylation is 1. The van der Waals surface area contributed by atoms with Crippen LogP contribution >= 0.6 is 0 Å². The van der Waals surface area contributed by atoms with Crippen molar-refractivity contribution in [3.05, 3.63) is 35.7 Å². The van der Waals surface area contributed by atoms with Gasteiger partial charge in [0.15, 0.2) is 0 Å². The highest BCUT2D eigenvalue weighted by molar-refractivity contribution is 5.12. The summed E-state index contributed by atoms with van der Waals surface area (Å²) in [6.07, 6.45) is 6.33. The van der Waals surface area contributed by atoms with Crippen LogP contribution in [0.25, 0.3) is 0 Å². The number of hydrogen-bond acceptors (Lipinski definition) is 4. The average Bonchev–Trinajstić information content (AvgIpc) is 3.00. The zero-order valence-electron chi connectivity index (χ0n) is 10.6. The van der Waals surface area contributed by atoms with E-state index in [-0.39, 0.29) is 0 Å². The lowest BCUT2D eigenvalue weighted by Gasteiger charge is -2.23. The standard InChI is InChI=1S/C13H18N4O/c1-10-5-12(16-18-10)8-17-9-15-7-13(17)11-3-2-4-14-6-11/h5,7,9,11,14H,2-4,6,8H2,1H3. The molecule has 3 heterocycles. The lowest BCUT2D eigenvalue weighted by atomic mass is 9.96. The van der Waals surface area contributed by atoms with E-state index in [1.165, 1.54) is 18.5 Å². The summed E-state index contributed by atoms with van der Waals surface area (Å²) in [6, 6.07) is 1.98. The number of hydrogen-bond donors (Lipinski definition) is 1. The Bertz CT molecular complexity index is 511. The maximum Gasteiger partial charge on any atom is 0.133 e. The summed E-state index contributed by atoms with van der Waals surface area (Å²) in [7, 11) is 0. The highest BCUT2D eigenvalue weighted by Crippen LogP contribution is 2.23. The van der Waals surface area contributed by atoms with Gasteiger partial charge in [-0.1, -0.05) is 5.16 Å². The van der Waals surface area contributed by atoms with Gasteiger partial charge in [0.25, 0.3) is 0 Å². The zero-order chi connectivity index (χ0) is 12.4. The molecule has 1 saturated heterocycles. The second kappa shape index (κ2) is 4.94. The molecule has 0 amide bonds. The fourth-order valence-electron chi connectivity index (χ4n) is 2.57. The van der Waals surface area contributed by atoms with Gasteiger partial charge < -0.3 is 14.4 Å². The molecule has 0 bridgehead atoms. The first kappa shape index (κ1) is 11.5. The Balaban J connectivity index is 1.78. The van der Waals surface area contributed by atoms with Crippen molar-refractivity contribution in [2.45, 2.75) is 32.2 Å². The number of nitrogens with zero attached hydrogens (tertiary/aromatic N) is 3. The van der Waals surface area contributed by atoms with E-state index in [0.29, 0.717) is 5.92 Å². The molecule has 5 nitrogen and oxygen atoms in total. The van der Waals surface area contributed by atoms with Crippen LogP contribution in [0.15, 0.2) is 23.1 Å². The molecule has 0 radical (unpaired) electrons. The highest BCUT2D eigenvalue weighted by Gasteiger charge is 2.19. The predicted molar refractivity (Wildman–Crippen MR) is 67.4 cm³/mol. The molecular formula is C13H18N4O. The van der Waals surface area contributed by atoms with Crippen molar-refractivity contribution in [1.82, 2.24) is 20.0 Å². The Labute approximate surface area is 106 Å². The quantitative estimate of drug-likeness (QED) is 0.895. The Kier molecular flexibility index (Phi) is 3.15. The minimum atomic E-state index is 0.564. The van der Waals surface area contributed by atoms with E-state index in [0.717, 1.165) is 31.1 Å². The molecule has 1 aliphatic heterocycles. The Morgan fingerprint density at radius 3 is 3.22 bits per heavy atom. The first-order valence-electron chi connectivity index (χ1n) is 6.46. The van der Waals surface area contributed by atoms with Gasteiger partial charge in [-0.25, -0.2) is 4.98 Å². The first-order chi connectivity index (χ1) is 8.83. The Morgan fingerprint density at radius 1 is 1.56 bits per heavy atom. The molecule has 0 aliphatic carbocycles. The smallest absolute Gasteiger partial charge is 0.133 e. The van der Waals surface area contributed by atoms with Crippen LogP contribution in [0.3, 0.4) is 0 Å². The number of piperidine rings is 1. The molecule has 1 unspecified atom stereocenters. The third-order valence-electron chi connectivity index (χ3n) is 3.47. The molecule has 1 aliphatic rings. The van der Waals surface area contributed by atoms with Gasteiger partial charge in [0.05, 0.1) is 12.9 Å². The van der Waals surface area contributed by atoms with Crippen molar-refractivity contribution in [3.8, 4) is 0 Å². The zero-order valence-corrected chi connectivity index (χ0v) is 10.6. The summed E-state index contributed by atoms with van der Waals surface area (Å²) in [5.74, 6) is 1.42. The summed E-state index contributed by atoms with van der Waals surface area (Å²) >= 11 is 0. The number of rotatable bonds is 3. The molecule has 0 saturated carbocycles. The molecular weight excluding hydrogens is 228 g/mol. The lowest BCUT2D eigenvalue weighted by molar-refractivity contribution is 0.387. The first-order valence-corrected chi connectivity index (χ1v) is 6.46. The Morgan fingerprint density at radius 2 is 2.50 bits per heavy atom. The van der Waals surface area contributed by atoms with Gasteiger partial charge in [0.2, 0.25) is 0 Å². The summed E-state index contributed by atoms with van der Waals surface area (Å²) in [6.45, 7) is 4.83. The fraction of sp³-hybridized carbons (Fsp3) is 0.538. The molecule has 2 aromatic rings. The molecule has 96 valence electrons. The molecule has 1 N–H and O–H groups in total. The van der Waals surface area contributed by atoms with Crippen LogP contribution in [-0.2, 0) is 6.54 Å². The van der Waals surface area contributed by atoms with Gasteiger partial charge in [-0.15, -0.1) is 0 Å². The lowest BCUT2D eigenvalue weighted by Crippen LogP contribution is -2.29. The summed E-state index contributed by atoms with van der Waals surface area (Å²) < 4.78 is 7.28. The van der Waals surface area contributed by atoms with Crippen LogP contribution in [0, 0.1) is 6.92 Å². The maximum absolute atomic E-state index is 5.10. The average molecular weight is 246 g/mol. The third-order valence-corrected chi connectivity index (χ3v) is 3.47. The van der Waals surface area contributed by atoms with Gasteiger partial charge in [-0.05, 0) is 26.3 Å². The highest BCUT2D eigenvalue weighted by atomic mass is 16.5. The third kappa shape index (κ3) is 2.31. The predicted octanol–water partition coefficient (Wildman–Crippen LogP) is 1.69. The minimum Gasteiger partial charge on any atom is -0.361 e. The number of nitrogens with one attached hydrogen (secondary N) is 1. The second-order valence-electron chi connectivity index (χ2n) is 4.92. The van der Waals surface area contributed by atoms with E-state index in [1.54, 1.807) is 0 Å². The monoisotopic (exact) mass is 246 g/mol. The molecule has 0 spiro atoms. The van der Waals surface area contributed by atoms with E-state index in [4.69, 9.17) is 4.52 Å². The topological polar surface area (TPSA) is 55.9 Å². The van der Waals surface area contributed by atoms with Gasteiger partial charge in [-0.2, -0.15) is 0 Å². The van der Waals surface area contributed by atoms with Gasteiger partial charge in [-0.3, -0.25) is 0 Å². The van der Waals surface area contributed by atoms with E-state index >= 15 is 0 Å². The SMILES string of the molecule is Cc1cc(Cn2cncc2C2CCCNC2)no1.